The maximum Gasteiger partial charge on any atom is 0.220 e. The van der Waals surface area contributed by atoms with Crippen LogP contribution in [0, 0.1) is 0 Å². The Morgan fingerprint density at radius 1 is 0.516 bits per heavy atom. The number of aliphatic hydroxyl groups excluding tert-OH is 11. The summed E-state index contributed by atoms with van der Waals surface area (Å²) >= 11 is 0. The van der Waals surface area contributed by atoms with Gasteiger partial charge in [-0.1, -0.05) is 117 Å². The molecule has 19 nitrogen and oxygen atoms in total. The van der Waals surface area contributed by atoms with Crippen LogP contribution in [0.15, 0.2) is 0 Å². The molecule has 17 unspecified atom stereocenters. The van der Waals surface area contributed by atoms with Gasteiger partial charge in [0.05, 0.1) is 38.6 Å². The summed E-state index contributed by atoms with van der Waals surface area (Å²) in [5, 5.41) is 119. The van der Waals surface area contributed by atoms with Crippen LogP contribution < -0.4 is 5.32 Å². The van der Waals surface area contributed by atoms with Crippen molar-refractivity contribution in [2.75, 3.05) is 26.4 Å². The lowest BCUT2D eigenvalue weighted by atomic mass is 9.96. The molecule has 0 aromatic carbocycles. The molecule has 0 radical (unpaired) electrons. The van der Waals surface area contributed by atoms with E-state index in [1.807, 2.05) is 0 Å². The summed E-state index contributed by atoms with van der Waals surface area (Å²) in [6, 6.07) is -0.874. The molecular formula is C43H81NO18. The monoisotopic (exact) mass is 900 g/mol. The van der Waals surface area contributed by atoms with E-state index in [1.54, 1.807) is 0 Å². The molecule has 19 heteroatoms. The second-order valence-electron chi connectivity index (χ2n) is 17.2. The molecule has 12 N–H and O–H groups in total. The summed E-state index contributed by atoms with van der Waals surface area (Å²) in [7, 11) is 0. The van der Waals surface area contributed by atoms with E-state index >= 15 is 0 Å². The van der Waals surface area contributed by atoms with Crippen molar-refractivity contribution in [2.45, 2.75) is 240 Å². The van der Waals surface area contributed by atoms with Crippen LogP contribution in [0.4, 0.5) is 0 Å². The molecular weight excluding hydrogens is 818 g/mol. The van der Waals surface area contributed by atoms with E-state index in [-0.39, 0.29) is 18.9 Å². The van der Waals surface area contributed by atoms with Crippen molar-refractivity contribution in [3.8, 4) is 0 Å². The highest BCUT2D eigenvalue weighted by Gasteiger charge is 2.53. The SMILES string of the molecule is CCCCCCCCCCCCCCC(=O)NC(COC1OC(CO)C(OC2OC(CO)C(OC3OC(CO)C(O)C(O)C3O)C(O)C2O)C(O)C1O)C(O)CCCCCCC. The Labute approximate surface area is 366 Å². The second kappa shape index (κ2) is 30.1. The highest BCUT2D eigenvalue weighted by atomic mass is 16.8. The van der Waals surface area contributed by atoms with Gasteiger partial charge in [0.25, 0.3) is 0 Å². The molecule has 3 rings (SSSR count). The zero-order chi connectivity index (χ0) is 45.6. The molecule has 3 fully saturated rings. The Balaban J connectivity index is 1.55. The second-order valence-corrected chi connectivity index (χ2v) is 17.2. The number of carbonyl (C=O) groups is 1. The molecule has 0 bridgehead atoms. The van der Waals surface area contributed by atoms with E-state index < -0.39 is 124 Å². The first-order valence-corrected chi connectivity index (χ1v) is 23.3. The number of carbonyl (C=O) groups excluding carboxylic acids is 1. The number of aliphatic hydroxyl groups is 11. The first-order chi connectivity index (χ1) is 29.8. The third kappa shape index (κ3) is 17.2. The predicted molar refractivity (Wildman–Crippen MR) is 222 cm³/mol. The number of hydrogen-bond donors (Lipinski definition) is 12. The average molecular weight is 900 g/mol. The number of nitrogens with one attached hydrogen (secondary N) is 1. The summed E-state index contributed by atoms with van der Waals surface area (Å²) < 4.78 is 33.9. The molecule has 3 aliphatic rings. The van der Waals surface area contributed by atoms with Crippen molar-refractivity contribution in [2.24, 2.45) is 0 Å². The van der Waals surface area contributed by atoms with Gasteiger partial charge < -0.3 is 89.9 Å². The Morgan fingerprint density at radius 2 is 0.919 bits per heavy atom. The standard InChI is InChI=1S/C43H81NO18/c1-3-5-7-9-10-11-12-13-14-15-17-19-21-31(49)44-26(27(48)20-18-16-8-6-4-2)25-57-41-37(55)34(52)39(29(23-46)59-41)62-43-38(56)35(53)40(30(24-47)60-43)61-42-36(54)33(51)32(50)28(22-45)58-42/h26-30,32-43,45-48,50-56H,3-25H2,1-2H3,(H,44,49). The van der Waals surface area contributed by atoms with Crippen molar-refractivity contribution >= 4 is 5.91 Å². The summed E-state index contributed by atoms with van der Waals surface area (Å²) in [6.07, 6.45) is -7.07. The predicted octanol–water partition coefficient (Wildman–Crippen LogP) is -0.251. The van der Waals surface area contributed by atoms with Gasteiger partial charge >= 0.3 is 0 Å². The molecule has 17 atom stereocenters. The minimum absolute atomic E-state index is 0.252. The summed E-state index contributed by atoms with van der Waals surface area (Å²) in [4.78, 5) is 13.1. The normalized spacial score (nSPS) is 35.1. The van der Waals surface area contributed by atoms with Crippen molar-refractivity contribution in [3.05, 3.63) is 0 Å². The maximum absolute atomic E-state index is 13.1. The third-order valence-corrected chi connectivity index (χ3v) is 12.2. The highest BCUT2D eigenvalue weighted by molar-refractivity contribution is 5.76. The molecule has 3 saturated heterocycles. The Kier molecular flexibility index (Phi) is 26.8. The zero-order valence-corrected chi connectivity index (χ0v) is 36.9. The fourth-order valence-corrected chi connectivity index (χ4v) is 8.19. The highest BCUT2D eigenvalue weighted by Crippen LogP contribution is 2.33. The number of ether oxygens (including phenoxy) is 6. The first kappa shape index (κ1) is 55.1. The van der Waals surface area contributed by atoms with Crippen LogP contribution in [0.5, 0.6) is 0 Å². The van der Waals surface area contributed by atoms with Gasteiger partial charge in [-0.25, -0.2) is 0 Å². The van der Waals surface area contributed by atoms with Gasteiger partial charge in [-0.15, -0.1) is 0 Å². The van der Waals surface area contributed by atoms with Gasteiger partial charge in [-0.05, 0) is 12.8 Å². The number of rotatable bonds is 31. The quantitative estimate of drug-likeness (QED) is 0.0399. The van der Waals surface area contributed by atoms with Gasteiger partial charge in [0.15, 0.2) is 18.9 Å². The van der Waals surface area contributed by atoms with Crippen LogP contribution in [-0.2, 0) is 33.2 Å². The van der Waals surface area contributed by atoms with E-state index in [0.29, 0.717) is 12.8 Å². The van der Waals surface area contributed by atoms with Gasteiger partial charge in [0, 0.05) is 6.42 Å². The van der Waals surface area contributed by atoms with Crippen molar-refractivity contribution in [1.29, 1.82) is 0 Å². The molecule has 0 aromatic rings. The summed E-state index contributed by atoms with van der Waals surface area (Å²) in [6.45, 7) is 1.63. The minimum Gasteiger partial charge on any atom is -0.394 e. The Morgan fingerprint density at radius 3 is 1.40 bits per heavy atom. The van der Waals surface area contributed by atoms with Crippen LogP contribution in [-0.4, -0.2) is 193 Å². The number of amides is 1. The fraction of sp³-hybridized carbons (Fsp3) is 0.977. The van der Waals surface area contributed by atoms with Gasteiger partial charge in [-0.3, -0.25) is 4.79 Å². The van der Waals surface area contributed by atoms with E-state index in [9.17, 15) is 61.0 Å². The lowest BCUT2D eigenvalue weighted by molar-refractivity contribution is -0.379. The molecule has 366 valence electrons. The van der Waals surface area contributed by atoms with Crippen LogP contribution in [0.1, 0.15) is 136 Å². The number of hydrogen-bond acceptors (Lipinski definition) is 18. The molecule has 0 aliphatic carbocycles. The molecule has 3 aliphatic heterocycles. The molecule has 0 saturated carbocycles. The van der Waals surface area contributed by atoms with E-state index in [1.165, 1.54) is 51.4 Å². The summed E-state index contributed by atoms with van der Waals surface area (Å²) in [5.74, 6) is -0.252. The average Bonchev–Trinajstić information content (AvgIpc) is 3.26. The van der Waals surface area contributed by atoms with E-state index in [4.69, 9.17) is 28.4 Å². The van der Waals surface area contributed by atoms with E-state index in [0.717, 1.165) is 51.4 Å². The summed E-state index contributed by atoms with van der Waals surface area (Å²) in [5.41, 5.74) is 0. The van der Waals surface area contributed by atoms with Crippen LogP contribution in [0.25, 0.3) is 0 Å². The van der Waals surface area contributed by atoms with E-state index in [2.05, 4.69) is 19.2 Å². The third-order valence-electron chi connectivity index (χ3n) is 12.2. The Bertz CT molecular complexity index is 1170. The molecule has 3 heterocycles. The molecule has 62 heavy (non-hydrogen) atoms. The van der Waals surface area contributed by atoms with Crippen LogP contribution in [0.2, 0.25) is 0 Å². The van der Waals surface area contributed by atoms with Crippen LogP contribution in [0.3, 0.4) is 0 Å². The number of unbranched alkanes of at least 4 members (excludes halogenated alkanes) is 15. The first-order valence-electron chi connectivity index (χ1n) is 23.3. The topological polar surface area (TPSA) is 307 Å². The molecule has 0 spiro atoms. The Hall–Kier alpha value is -1.21. The van der Waals surface area contributed by atoms with Gasteiger partial charge in [0.1, 0.15) is 73.2 Å². The maximum atomic E-state index is 13.1. The minimum atomic E-state index is -1.96. The van der Waals surface area contributed by atoms with Gasteiger partial charge in [0.2, 0.25) is 5.91 Å². The lowest BCUT2D eigenvalue weighted by Gasteiger charge is -2.48. The fourth-order valence-electron chi connectivity index (χ4n) is 8.19. The molecule has 0 aromatic heterocycles. The van der Waals surface area contributed by atoms with Crippen LogP contribution >= 0.6 is 0 Å². The largest absolute Gasteiger partial charge is 0.394 e. The zero-order valence-electron chi connectivity index (χ0n) is 36.9. The van der Waals surface area contributed by atoms with Gasteiger partial charge in [-0.2, -0.15) is 0 Å². The van der Waals surface area contributed by atoms with Crippen molar-refractivity contribution < 1.29 is 89.4 Å². The van der Waals surface area contributed by atoms with Crippen molar-refractivity contribution in [1.82, 2.24) is 5.32 Å². The van der Waals surface area contributed by atoms with Crippen molar-refractivity contribution in [3.63, 3.8) is 0 Å². The molecule has 1 amide bonds. The smallest absolute Gasteiger partial charge is 0.220 e. The lowest BCUT2D eigenvalue weighted by Crippen LogP contribution is -2.66.